The Labute approximate surface area is 252 Å². The fourth-order valence-corrected chi connectivity index (χ4v) is 14.7. The molecule has 0 amide bonds. The molecular formula is C38H44O3Si. The van der Waals surface area contributed by atoms with Crippen LogP contribution in [0.2, 0.25) is 0 Å². The zero-order valence-corrected chi connectivity index (χ0v) is 26.1. The zero-order chi connectivity index (χ0) is 29.0. The van der Waals surface area contributed by atoms with Crippen LogP contribution in [-0.4, -0.2) is 26.5 Å². The summed E-state index contributed by atoms with van der Waals surface area (Å²) in [4.78, 5) is 25.5. The van der Waals surface area contributed by atoms with Crippen molar-refractivity contribution in [1.29, 1.82) is 0 Å². The van der Waals surface area contributed by atoms with Gasteiger partial charge in [0.2, 0.25) is 0 Å². The molecule has 4 saturated carbocycles. The van der Waals surface area contributed by atoms with Gasteiger partial charge in [-0.1, -0.05) is 105 Å². The number of benzene rings is 3. The third-order valence-corrected chi connectivity index (χ3v) is 16.5. The maximum absolute atomic E-state index is 13.0. The van der Waals surface area contributed by atoms with Crippen molar-refractivity contribution in [1.82, 2.24) is 0 Å². The number of aldehydes is 1. The highest BCUT2D eigenvalue weighted by molar-refractivity contribution is 7.07. The van der Waals surface area contributed by atoms with E-state index < -0.39 is 8.32 Å². The van der Waals surface area contributed by atoms with Crippen LogP contribution in [0.25, 0.3) is 0 Å². The van der Waals surface area contributed by atoms with Crippen LogP contribution in [0.1, 0.15) is 65.2 Å². The van der Waals surface area contributed by atoms with Gasteiger partial charge in [0.1, 0.15) is 12.1 Å². The second kappa shape index (κ2) is 10.7. The second-order valence-corrected chi connectivity index (χ2v) is 17.5. The minimum Gasteiger partial charge on any atom is -0.401 e. The van der Waals surface area contributed by atoms with Gasteiger partial charge in [-0.3, -0.25) is 4.79 Å². The van der Waals surface area contributed by atoms with Crippen molar-refractivity contribution in [2.24, 2.45) is 40.4 Å². The number of ketones is 1. The molecule has 0 bridgehead atoms. The summed E-state index contributed by atoms with van der Waals surface area (Å²) in [5.74, 6) is 2.48. The second-order valence-electron chi connectivity index (χ2n) is 14.2. The first-order chi connectivity index (χ1) is 20.4. The van der Waals surface area contributed by atoms with E-state index in [9.17, 15) is 9.59 Å². The summed E-state index contributed by atoms with van der Waals surface area (Å²) >= 11 is 0. The van der Waals surface area contributed by atoms with Crippen molar-refractivity contribution in [3.63, 3.8) is 0 Å². The monoisotopic (exact) mass is 576 g/mol. The molecule has 3 unspecified atom stereocenters. The average molecular weight is 577 g/mol. The van der Waals surface area contributed by atoms with E-state index in [1.807, 2.05) is 0 Å². The molecule has 4 fully saturated rings. The van der Waals surface area contributed by atoms with Crippen molar-refractivity contribution in [2.75, 3.05) is 0 Å². The van der Waals surface area contributed by atoms with E-state index in [0.717, 1.165) is 38.5 Å². The van der Waals surface area contributed by atoms with Crippen molar-refractivity contribution >= 4 is 35.9 Å². The van der Waals surface area contributed by atoms with Crippen LogP contribution in [0, 0.1) is 40.4 Å². The van der Waals surface area contributed by atoms with Gasteiger partial charge in [-0.2, -0.15) is 0 Å². The van der Waals surface area contributed by atoms with Crippen LogP contribution in [0.15, 0.2) is 91.0 Å². The fourth-order valence-electron chi connectivity index (χ4n) is 10.5. The van der Waals surface area contributed by atoms with E-state index in [4.69, 9.17) is 4.43 Å². The number of carbonyl (C=O) groups excluding carboxylic acids is 2. The lowest BCUT2D eigenvalue weighted by atomic mass is 9.43. The van der Waals surface area contributed by atoms with E-state index in [0.29, 0.717) is 42.3 Å². The normalized spacial score (nSPS) is 36.0. The SMILES string of the molecule is CC1C[C@@H]2[C@@H](CC[C@]3(C)C(O[Si](c4ccccc4)(c4ccccc4)c4ccccc4)CC[C@@H]23)[C@@]2(C=O)CCC(=O)CC12. The summed E-state index contributed by atoms with van der Waals surface area (Å²) in [5, 5.41) is 3.89. The Bertz CT molecular complexity index is 1330. The molecule has 7 rings (SSSR count). The molecule has 218 valence electrons. The molecule has 4 aliphatic carbocycles. The molecule has 3 aromatic rings. The maximum Gasteiger partial charge on any atom is 0.288 e. The Kier molecular flexibility index (Phi) is 7.14. The molecule has 0 heterocycles. The summed E-state index contributed by atoms with van der Waals surface area (Å²) in [6.07, 6.45) is 8.97. The van der Waals surface area contributed by atoms with Gasteiger partial charge in [0, 0.05) is 18.3 Å². The van der Waals surface area contributed by atoms with Crippen molar-refractivity contribution in [3.05, 3.63) is 91.0 Å². The number of carbonyl (C=O) groups is 2. The molecule has 3 aromatic carbocycles. The molecule has 0 aliphatic heterocycles. The first-order valence-corrected chi connectivity index (χ1v) is 18.2. The van der Waals surface area contributed by atoms with Crippen molar-refractivity contribution in [2.45, 2.75) is 71.3 Å². The van der Waals surface area contributed by atoms with Gasteiger partial charge in [-0.25, -0.2) is 0 Å². The van der Waals surface area contributed by atoms with Gasteiger partial charge in [0.05, 0.1) is 6.10 Å². The van der Waals surface area contributed by atoms with Gasteiger partial charge in [-0.15, -0.1) is 0 Å². The fraction of sp³-hybridized carbons (Fsp3) is 0.474. The summed E-state index contributed by atoms with van der Waals surface area (Å²) in [6, 6.07) is 32.9. The van der Waals surface area contributed by atoms with E-state index >= 15 is 0 Å². The number of hydrogen-bond acceptors (Lipinski definition) is 3. The molecule has 0 N–H and O–H groups in total. The van der Waals surface area contributed by atoms with Gasteiger partial charge in [-0.05, 0) is 89.1 Å². The average Bonchev–Trinajstić information content (AvgIpc) is 3.37. The quantitative estimate of drug-likeness (QED) is 0.203. The molecule has 0 spiro atoms. The molecular weight excluding hydrogens is 533 g/mol. The Morgan fingerprint density at radius 3 is 1.88 bits per heavy atom. The Morgan fingerprint density at radius 2 is 1.33 bits per heavy atom. The predicted octanol–water partition coefficient (Wildman–Crippen LogP) is 6.08. The molecule has 3 nitrogen and oxygen atoms in total. The Hall–Kier alpha value is -2.82. The van der Waals surface area contributed by atoms with Crippen LogP contribution < -0.4 is 15.6 Å². The number of fused-ring (bicyclic) bond motifs is 5. The summed E-state index contributed by atoms with van der Waals surface area (Å²) in [5.41, 5.74) is -0.244. The standard InChI is InChI=1S/C38H44O3Si/c1-27-24-32-33-18-19-36(37(33,2)22-21-34(32)38(26-39)23-20-28(40)25-35(27)38)41-42(29-12-6-3-7-13-29,30-14-8-4-9-15-30)31-16-10-5-11-17-31/h3-17,26-27,32-36H,18-25H2,1-2H3/t27?,32-,33-,34+,35?,36?,37-,38-/m0/s1. The van der Waals surface area contributed by atoms with E-state index in [1.54, 1.807) is 0 Å². The van der Waals surface area contributed by atoms with Crippen LogP contribution in [0.4, 0.5) is 0 Å². The molecule has 8 atom stereocenters. The molecule has 0 radical (unpaired) electrons. The molecule has 0 saturated heterocycles. The number of rotatable bonds is 6. The highest BCUT2D eigenvalue weighted by Crippen LogP contribution is 2.67. The lowest BCUT2D eigenvalue weighted by Gasteiger charge is -2.61. The lowest BCUT2D eigenvalue weighted by Crippen LogP contribution is -2.71. The smallest absolute Gasteiger partial charge is 0.288 e. The molecule has 0 aromatic heterocycles. The van der Waals surface area contributed by atoms with Crippen LogP contribution in [0.3, 0.4) is 0 Å². The van der Waals surface area contributed by atoms with Gasteiger partial charge in [0.25, 0.3) is 8.32 Å². The highest BCUT2D eigenvalue weighted by atomic mass is 28.4. The first kappa shape index (κ1) is 28.0. The van der Waals surface area contributed by atoms with Gasteiger partial charge >= 0.3 is 0 Å². The summed E-state index contributed by atoms with van der Waals surface area (Å²) in [6.45, 7) is 4.84. The Morgan fingerprint density at radius 1 is 0.762 bits per heavy atom. The van der Waals surface area contributed by atoms with Crippen LogP contribution in [-0.2, 0) is 14.0 Å². The number of hydrogen-bond donors (Lipinski definition) is 0. The van der Waals surface area contributed by atoms with E-state index in [1.165, 1.54) is 21.8 Å². The largest absolute Gasteiger partial charge is 0.401 e. The third kappa shape index (κ3) is 4.16. The topological polar surface area (TPSA) is 43.4 Å². The van der Waals surface area contributed by atoms with Gasteiger partial charge < -0.3 is 9.22 Å². The minimum absolute atomic E-state index is 0.0683. The molecule has 4 aliphatic rings. The van der Waals surface area contributed by atoms with E-state index in [-0.39, 0.29) is 22.9 Å². The van der Waals surface area contributed by atoms with Crippen LogP contribution >= 0.6 is 0 Å². The van der Waals surface area contributed by atoms with Gasteiger partial charge in [0.15, 0.2) is 0 Å². The predicted molar refractivity (Wildman–Crippen MR) is 171 cm³/mol. The summed E-state index contributed by atoms with van der Waals surface area (Å²) in [7, 11) is -2.82. The number of Topliss-reactive ketones (excluding diaryl/α,β-unsaturated/α-hetero) is 1. The van der Waals surface area contributed by atoms with E-state index in [2.05, 4.69) is 105 Å². The third-order valence-electron chi connectivity index (χ3n) is 12.4. The van der Waals surface area contributed by atoms with Crippen LogP contribution in [0.5, 0.6) is 0 Å². The Balaban J connectivity index is 1.29. The van der Waals surface area contributed by atoms with Crippen molar-refractivity contribution < 1.29 is 14.0 Å². The minimum atomic E-state index is -2.82. The molecule has 42 heavy (non-hydrogen) atoms. The zero-order valence-electron chi connectivity index (χ0n) is 25.1. The molecule has 4 heteroatoms. The van der Waals surface area contributed by atoms with Crippen molar-refractivity contribution in [3.8, 4) is 0 Å². The summed E-state index contributed by atoms with van der Waals surface area (Å²) < 4.78 is 7.83. The first-order valence-electron chi connectivity index (χ1n) is 16.2. The lowest BCUT2D eigenvalue weighted by molar-refractivity contribution is -0.162. The highest BCUT2D eigenvalue weighted by Gasteiger charge is 2.64. The maximum atomic E-state index is 13.0.